The molecule has 0 N–H and O–H groups in total. The molecule has 0 aliphatic heterocycles. The van der Waals surface area contributed by atoms with Crippen LogP contribution in [0.25, 0.3) is 43.1 Å². The molecule has 6 rings (SSSR count). The molecule has 0 spiro atoms. The third-order valence-corrected chi connectivity index (χ3v) is 7.09. The van der Waals surface area contributed by atoms with Crippen LogP contribution in [0.2, 0.25) is 0 Å². The molecule has 0 atom stereocenters. The third-order valence-electron chi connectivity index (χ3n) is 7.09. The Labute approximate surface area is 214 Å². The minimum absolute atomic E-state index is 0.926. The predicted octanol–water partition coefficient (Wildman–Crippen LogP) is 10.4. The van der Waals surface area contributed by atoms with Crippen LogP contribution in [0.1, 0.15) is 37.3 Å². The SMILES string of the molecule is C=CCc1cccc2cc3ccccc3cc12.CCCCCc1cccc2cc3ccccc3cc12. The summed E-state index contributed by atoms with van der Waals surface area (Å²) in [7, 11) is 0. The second kappa shape index (κ2) is 11.2. The van der Waals surface area contributed by atoms with E-state index in [1.807, 2.05) is 6.08 Å². The Balaban J connectivity index is 0.000000149. The highest BCUT2D eigenvalue weighted by molar-refractivity contribution is 6.00. The molecule has 0 nitrogen and oxygen atoms in total. The highest BCUT2D eigenvalue weighted by Gasteiger charge is 2.03. The summed E-state index contributed by atoms with van der Waals surface area (Å²) in [5, 5.41) is 10.7. The fourth-order valence-corrected chi connectivity index (χ4v) is 5.18. The molecule has 0 saturated carbocycles. The minimum atomic E-state index is 0.926. The average molecular weight is 467 g/mol. The van der Waals surface area contributed by atoms with E-state index in [0.717, 1.165) is 6.42 Å². The van der Waals surface area contributed by atoms with Crippen LogP contribution in [0.3, 0.4) is 0 Å². The number of benzene rings is 6. The standard InChI is InChI=1S/C19H20.C17H14/c1-2-3-4-8-15-11-7-12-18-13-16-9-5-6-10-17(16)14-19(15)18;1-2-6-13-9-5-10-16-11-14-7-3-4-8-15(14)12-17(13)16/h5-7,9-14H,2-4,8H2,1H3;2-5,7-12H,1,6H2. The molecule has 0 aromatic heterocycles. The highest BCUT2D eigenvalue weighted by Crippen LogP contribution is 2.27. The van der Waals surface area contributed by atoms with E-state index in [4.69, 9.17) is 0 Å². The number of rotatable bonds is 6. The second-order valence-corrected chi connectivity index (χ2v) is 9.63. The van der Waals surface area contributed by atoms with E-state index in [1.165, 1.54) is 79.9 Å². The molecular formula is C36H34. The van der Waals surface area contributed by atoms with Crippen molar-refractivity contribution >= 4 is 43.1 Å². The fraction of sp³-hybridized carbons (Fsp3) is 0.167. The van der Waals surface area contributed by atoms with E-state index in [0.29, 0.717) is 0 Å². The molecule has 36 heavy (non-hydrogen) atoms. The van der Waals surface area contributed by atoms with Crippen LogP contribution in [0.15, 0.2) is 122 Å². The maximum absolute atomic E-state index is 3.83. The predicted molar refractivity (Wildman–Crippen MR) is 160 cm³/mol. The van der Waals surface area contributed by atoms with Crippen LogP contribution >= 0.6 is 0 Å². The van der Waals surface area contributed by atoms with Crippen molar-refractivity contribution in [3.8, 4) is 0 Å². The van der Waals surface area contributed by atoms with Gasteiger partial charge in [0.2, 0.25) is 0 Å². The van der Waals surface area contributed by atoms with Gasteiger partial charge >= 0.3 is 0 Å². The van der Waals surface area contributed by atoms with Crippen LogP contribution < -0.4 is 0 Å². The number of aryl methyl sites for hydroxylation is 1. The van der Waals surface area contributed by atoms with Crippen molar-refractivity contribution < 1.29 is 0 Å². The van der Waals surface area contributed by atoms with Crippen molar-refractivity contribution in [3.05, 3.63) is 133 Å². The summed E-state index contributed by atoms with van der Waals surface area (Å²) < 4.78 is 0. The Morgan fingerprint density at radius 3 is 1.53 bits per heavy atom. The van der Waals surface area contributed by atoms with Gasteiger partial charge in [-0.1, -0.05) is 111 Å². The normalized spacial score (nSPS) is 11.0. The van der Waals surface area contributed by atoms with Gasteiger partial charge in [-0.15, -0.1) is 6.58 Å². The summed E-state index contributed by atoms with van der Waals surface area (Å²) in [5.74, 6) is 0. The topological polar surface area (TPSA) is 0 Å². The first-order valence-corrected chi connectivity index (χ1v) is 13.2. The molecule has 178 valence electrons. The molecule has 0 heterocycles. The van der Waals surface area contributed by atoms with Gasteiger partial charge in [0.1, 0.15) is 0 Å². The zero-order valence-electron chi connectivity index (χ0n) is 21.2. The molecule has 0 aliphatic carbocycles. The van der Waals surface area contributed by atoms with Gasteiger partial charge in [0, 0.05) is 0 Å². The van der Waals surface area contributed by atoms with Crippen LogP contribution in [0.4, 0.5) is 0 Å². The molecule has 0 heteroatoms. The Morgan fingerprint density at radius 2 is 1.00 bits per heavy atom. The van der Waals surface area contributed by atoms with E-state index in [1.54, 1.807) is 0 Å². The smallest absolute Gasteiger partial charge is 0.00940 e. The summed E-state index contributed by atoms with van der Waals surface area (Å²) >= 11 is 0. The Hall–Kier alpha value is -3.90. The molecule has 6 aromatic carbocycles. The fourth-order valence-electron chi connectivity index (χ4n) is 5.18. The van der Waals surface area contributed by atoms with Gasteiger partial charge in [0.05, 0.1) is 0 Å². The molecular weight excluding hydrogens is 432 g/mol. The average Bonchev–Trinajstić information content (AvgIpc) is 2.92. The molecule has 6 aromatic rings. The van der Waals surface area contributed by atoms with Crippen molar-refractivity contribution in [1.82, 2.24) is 0 Å². The Kier molecular flexibility index (Phi) is 7.43. The van der Waals surface area contributed by atoms with E-state index in [2.05, 4.69) is 123 Å². The van der Waals surface area contributed by atoms with E-state index < -0.39 is 0 Å². The third kappa shape index (κ3) is 5.19. The quantitative estimate of drug-likeness (QED) is 0.130. The lowest BCUT2D eigenvalue weighted by Crippen LogP contribution is -1.88. The maximum atomic E-state index is 3.83. The zero-order valence-corrected chi connectivity index (χ0v) is 21.2. The first kappa shape index (κ1) is 23.8. The van der Waals surface area contributed by atoms with Crippen molar-refractivity contribution in [1.29, 1.82) is 0 Å². The zero-order chi connectivity index (χ0) is 24.7. The first-order valence-electron chi connectivity index (χ1n) is 13.2. The summed E-state index contributed by atoms with van der Waals surface area (Å²) in [6.45, 7) is 6.09. The number of hydrogen-bond donors (Lipinski definition) is 0. The lowest BCUT2D eigenvalue weighted by molar-refractivity contribution is 0.720. The number of fused-ring (bicyclic) bond motifs is 4. The monoisotopic (exact) mass is 466 g/mol. The summed E-state index contributed by atoms with van der Waals surface area (Å²) in [5.41, 5.74) is 2.85. The van der Waals surface area contributed by atoms with Gasteiger partial charge < -0.3 is 0 Å². The van der Waals surface area contributed by atoms with Crippen molar-refractivity contribution in [2.45, 2.75) is 39.0 Å². The number of hydrogen-bond acceptors (Lipinski definition) is 0. The van der Waals surface area contributed by atoms with Crippen LogP contribution in [0.5, 0.6) is 0 Å². The summed E-state index contributed by atoms with van der Waals surface area (Å²) in [6.07, 6.45) is 7.99. The van der Waals surface area contributed by atoms with Gasteiger partial charge in [0.25, 0.3) is 0 Å². The molecule has 0 amide bonds. The molecule has 0 saturated heterocycles. The van der Waals surface area contributed by atoms with Crippen LogP contribution in [-0.2, 0) is 12.8 Å². The van der Waals surface area contributed by atoms with Gasteiger partial charge in [-0.25, -0.2) is 0 Å². The molecule has 0 radical (unpaired) electrons. The number of allylic oxidation sites excluding steroid dienone is 1. The summed E-state index contributed by atoms with van der Waals surface area (Å²) in [6, 6.07) is 39.5. The van der Waals surface area contributed by atoms with Crippen molar-refractivity contribution in [2.75, 3.05) is 0 Å². The molecule has 0 bridgehead atoms. The maximum Gasteiger partial charge on any atom is -0.00940 e. The van der Waals surface area contributed by atoms with E-state index in [-0.39, 0.29) is 0 Å². The van der Waals surface area contributed by atoms with E-state index >= 15 is 0 Å². The lowest BCUT2D eigenvalue weighted by atomic mass is 9.97. The lowest BCUT2D eigenvalue weighted by Gasteiger charge is -2.08. The summed E-state index contributed by atoms with van der Waals surface area (Å²) in [4.78, 5) is 0. The highest BCUT2D eigenvalue weighted by atomic mass is 14.1. The first-order chi connectivity index (χ1) is 17.8. The van der Waals surface area contributed by atoms with Crippen molar-refractivity contribution in [3.63, 3.8) is 0 Å². The largest absolute Gasteiger partial charge is 0.103 e. The molecule has 0 fully saturated rings. The van der Waals surface area contributed by atoms with Gasteiger partial charge in [-0.05, 0) is 97.7 Å². The Bertz CT molecular complexity index is 1640. The number of unbranched alkanes of at least 4 members (excludes halogenated alkanes) is 2. The van der Waals surface area contributed by atoms with Crippen LogP contribution in [0, 0.1) is 0 Å². The minimum Gasteiger partial charge on any atom is -0.103 e. The Morgan fingerprint density at radius 1 is 0.528 bits per heavy atom. The molecule has 0 aliphatic rings. The second-order valence-electron chi connectivity index (χ2n) is 9.63. The van der Waals surface area contributed by atoms with Gasteiger partial charge in [-0.2, -0.15) is 0 Å². The molecule has 0 unspecified atom stereocenters. The van der Waals surface area contributed by atoms with Crippen molar-refractivity contribution in [2.24, 2.45) is 0 Å². The van der Waals surface area contributed by atoms with Gasteiger partial charge in [0.15, 0.2) is 0 Å². The van der Waals surface area contributed by atoms with Crippen LogP contribution in [-0.4, -0.2) is 0 Å². The van der Waals surface area contributed by atoms with E-state index in [9.17, 15) is 0 Å². The van der Waals surface area contributed by atoms with Gasteiger partial charge in [-0.3, -0.25) is 0 Å².